The molecule has 1 aromatic rings. The SMILES string of the molecule is CCC(C)NC(=S)N1CCN(Cc2ccc(F)cc2)CC1. The van der Waals surface area contributed by atoms with Crippen LogP contribution in [0.25, 0.3) is 0 Å². The van der Waals surface area contributed by atoms with Gasteiger partial charge in [0, 0.05) is 38.8 Å². The Morgan fingerprint density at radius 1 is 1.24 bits per heavy atom. The summed E-state index contributed by atoms with van der Waals surface area (Å²) >= 11 is 5.45. The second kappa shape index (κ2) is 7.71. The number of hydrogen-bond acceptors (Lipinski definition) is 2. The van der Waals surface area contributed by atoms with Crippen molar-refractivity contribution in [1.29, 1.82) is 0 Å². The summed E-state index contributed by atoms with van der Waals surface area (Å²) in [6, 6.07) is 7.19. The van der Waals surface area contributed by atoms with Gasteiger partial charge in [0.1, 0.15) is 5.82 Å². The van der Waals surface area contributed by atoms with Gasteiger partial charge in [-0.25, -0.2) is 4.39 Å². The van der Waals surface area contributed by atoms with Crippen molar-refractivity contribution in [3.63, 3.8) is 0 Å². The van der Waals surface area contributed by atoms with Gasteiger partial charge in [-0.3, -0.25) is 4.90 Å². The molecule has 0 bridgehead atoms. The van der Waals surface area contributed by atoms with Gasteiger partial charge in [-0.2, -0.15) is 0 Å². The first kappa shape index (κ1) is 16.2. The van der Waals surface area contributed by atoms with E-state index in [1.807, 2.05) is 12.1 Å². The van der Waals surface area contributed by atoms with Gasteiger partial charge in [0.15, 0.2) is 5.11 Å². The lowest BCUT2D eigenvalue weighted by Gasteiger charge is -2.36. The van der Waals surface area contributed by atoms with E-state index in [9.17, 15) is 4.39 Å². The highest BCUT2D eigenvalue weighted by Gasteiger charge is 2.19. The molecule has 1 saturated heterocycles. The zero-order valence-corrected chi connectivity index (χ0v) is 13.6. The van der Waals surface area contributed by atoms with Crippen LogP contribution >= 0.6 is 12.2 Å². The first-order valence-corrected chi connectivity index (χ1v) is 8.01. The molecule has 0 aromatic heterocycles. The van der Waals surface area contributed by atoms with Crippen molar-refractivity contribution in [3.8, 4) is 0 Å². The van der Waals surface area contributed by atoms with Crippen molar-refractivity contribution in [2.45, 2.75) is 32.9 Å². The van der Waals surface area contributed by atoms with Crippen molar-refractivity contribution in [2.75, 3.05) is 26.2 Å². The molecule has 0 radical (unpaired) electrons. The Morgan fingerprint density at radius 2 is 1.86 bits per heavy atom. The Morgan fingerprint density at radius 3 is 2.43 bits per heavy atom. The number of rotatable bonds is 4. The highest BCUT2D eigenvalue weighted by atomic mass is 32.1. The Labute approximate surface area is 132 Å². The van der Waals surface area contributed by atoms with Crippen LogP contribution in [0, 0.1) is 5.82 Å². The lowest BCUT2D eigenvalue weighted by atomic mass is 10.2. The minimum Gasteiger partial charge on any atom is -0.360 e. The van der Waals surface area contributed by atoms with Crippen molar-refractivity contribution >= 4 is 17.3 Å². The van der Waals surface area contributed by atoms with Crippen molar-refractivity contribution < 1.29 is 4.39 Å². The van der Waals surface area contributed by atoms with Crippen LogP contribution in [0.15, 0.2) is 24.3 Å². The highest BCUT2D eigenvalue weighted by Crippen LogP contribution is 2.10. The third-order valence-corrected chi connectivity index (χ3v) is 4.34. The number of hydrogen-bond donors (Lipinski definition) is 1. The molecule has 0 saturated carbocycles. The summed E-state index contributed by atoms with van der Waals surface area (Å²) in [7, 11) is 0. The van der Waals surface area contributed by atoms with E-state index in [1.54, 1.807) is 0 Å². The first-order chi connectivity index (χ1) is 10.1. The minimum atomic E-state index is -0.176. The predicted octanol–water partition coefficient (Wildman–Crippen LogP) is 2.62. The molecule has 1 aliphatic heterocycles. The molecule has 5 heteroatoms. The first-order valence-electron chi connectivity index (χ1n) is 7.60. The molecule has 1 aromatic carbocycles. The molecule has 2 rings (SSSR count). The molecule has 0 aliphatic carbocycles. The number of nitrogens with zero attached hydrogens (tertiary/aromatic N) is 2. The van der Waals surface area contributed by atoms with E-state index in [0.717, 1.165) is 49.8 Å². The maximum Gasteiger partial charge on any atom is 0.169 e. The quantitative estimate of drug-likeness (QED) is 0.862. The summed E-state index contributed by atoms with van der Waals surface area (Å²) < 4.78 is 12.9. The summed E-state index contributed by atoms with van der Waals surface area (Å²) in [5.41, 5.74) is 1.16. The lowest BCUT2D eigenvalue weighted by Crippen LogP contribution is -2.52. The fourth-order valence-electron chi connectivity index (χ4n) is 2.36. The Hall–Kier alpha value is -1.20. The number of nitrogens with one attached hydrogen (secondary N) is 1. The number of benzene rings is 1. The standard InChI is InChI=1S/C16H24FN3S/c1-3-13(2)18-16(21)20-10-8-19(9-11-20)12-14-4-6-15(17)7-5-14/h4-7,13H,3,8-12H2,1-2H3,(H,18,21). The summed E-state index contributed by atoms with van der Waals surface area (Å²) in [5, 5.41) is 4.23. The number of piperazine rings is 1. The average Bonchev–Trinajstić information content (AvgIpc) is 2.50. The Bertz CT molecular complexity index is 455. The fourth-order valence-corrected chi connectivity index (χ4v) is 2.74. The van der Waals surface area contributed by atoms with Crippen LogP contribution in [0.1, 0.15) is 25.8 Å². The normalized spacial score (nSPS) is 17.6. The molecular weight excluding hydrogens is 285 g/mol. The van der Waals surface area contributed by atoms with Gasteiger partial charge in [0.25, 0.3) is 0 Å². The zero-order valence-electron chi connectivity index (χ0n) is 12.8. The minimum absolute atomic E-state index is 0.176. The monoisotopic (exact) mass is 309 g/mol. The molecule has 0 amide bonds. The summed E-state index contributed by atoms with van der Waals surface area (Å²) in [4.78, 5) is 4.62. The highest BCUT2D eigenvalue weighted by molar-refractivity contribution is 7.80. The van der Waals surface area contributed by atoms with E-state index < -0.39 is 0 Å². The molecular formula is C16H24FN3S. The van der Waals surface area contributed by atoms with Crippen LogP contribution < -0.4 is 5.32 Å². The Balaban J connectivity index is 1.77. The molecule has 1 atom stereocenters. The molecule has 1 N–H and O–H groups in total. The molecule has 3 nitrogen and oxygen atoms in total. The third-order valence-electron chi connectivity index (χ3n) is 3.96. The topological polar surface area (TPSA) is 18.5 Å². The molecule has 0 spiro atoms. The summed E-state index contributed by atoms with van der Waals surface area (Å²) in [6.45, 7) is 9.05. The van der Waals surface area contributed by atoms with Crippen molar-refractivity contribution in [3.05, 3.63) is 35.6 Å². The second-order valence-corrected chi connectivity index (χ2v) is 6.04. The van der Waals surface area contributed by atoms with Crippen molar-refractivity contribution in [1.82, 2.24) is 15.1 Å². The van der Waals surface area contributed by atoms with Crippen LogP contribution in [-0.2, 0) is 6.54 Å². The largest absolute Gasteiger partial charge is 0.360 e. The van der Waals surface area contributed by atoms with Gasteiger partial charge >= 0.3 is 0 Å². The molecule has 1 heterocycles. The van der Waals surface area contributed by atoms with Gasteiger partial charge in [-0.1, -0.05) is 19.1 Å². The smallest absolute Gasteiger partial charge is 0.169 e. The van der Waals surface area contributed by atoms with E-state index in [4.69, 9.17) is 12.2 Å². The summed E-state index contributed by atoms with van der Waals surface area (Å²) in [5.74, 6) is -0.176. The van der Waals surface area contributed by atoms with Crippen LogP contribution in [-0.4, -0.2) is 47.1 Å². The van der Waals surface area contributed by atoms with E-state index in [2.05, 4.69) is 29.0 Å². The van der Waals surface area contributed by atoms with Crippen LogP contribution in [0.5, 0.6) is 0 Å². The van der Waals surface area contributed by atoms with Crippen LogP contribution in [0.2, 0.25) is 0 Å². The van der Waals surface area contributed by atoms with Gasteiger partial charge in [0.2, 0.25) is 0 Å². The maximum absolute atomic E-state index is 12.9. The average molecular weight is 309 g/mol. The second-order valence-electron chi connectivity index (χ2n) is 5.65. The van der Waals surface area contributed by atoms with Gasteiger partial charge < -0.3 is 10.2 Å². The summed E-state index contributed by atoms with van der Waals surface area (Å²) in [6.07, 6.45) is 1.07. The predicted molar refractivity (Wildman–Crippen MR) is 88.7 cm³/mol. The van der Waals surface area contributed by atoms with E-state index in [-0.39, 0.29) is 5.82 Å². The molecule has 21 heavy (non-hydrogen) atoms. The van der Waals surface area contributed by atoms with Crippen molar-refractivity contribution in [2.24, 2.45) is 0 Å². The van der Waals surface area contributed by atoms with Crippen LogP contribution in [0.4, 0.5) is 4.39 Å². The Kier molecular flexibility index (Phi) is 5.94. The van der Waals surface area contributed by atoms with Gasteiger partial charge in [0.05, 0.1) is 0 Å². The van der Waals surface area contributed by atoms with E-state index >= 15 is 0 Å². The zero-order chi connectivity index (χ0) is 15.2. The molecule has 1 fully saturated rings. The fraction of sp³-hybridized carbons (Fsp3) is 0.562. The third kappa shape index (κ3) is 4.93. The van der Waals surface area contributed by atoms with Crippen LogP contribution in [0.3, 0.4) is 0 Å². The number of halogens is 1. The lowest BCUT2D eigenvalue weighted by molar-refractivity contribution is 0.174. The maximum atomic E-state index is 12.9. The molecule has 1 aliphatic rings. The van der Waals surface area contributed by atoms with Gasteiger partial charge in [-0.15, -0.1) is 0 Å². The number of thiocarbonyl (C=S) groups is 1. The van der Waals surface area contributed by atoms with Gasteiger partial charge in [-0.05, 0) is 43.3 Å². The molecule has 1 unspecified atom stereocenters. The molecule has 116 valence electrons. The van der Waals surface area contributed by atoms with E-state index in [1.165, 1.54) is 12.1 Å². The van der Waals surface area contributed by atoms with E-state index in [0.29, 0.717) is 6.04 Å².